The molecule has 0 radical (unpaired) electrons. The number of aromatic nitrogens is 1. The van der Waals surface area contributed by atoms with Gasteiger partial charge in [0.1, 0.15) is 5.82 Å². The first-order valence-electron chi connectivity index (χ1n) is 4.93. The van der Waals surface area contributed by atoms with Gasteiger partial charge < -0.3 is 11.1 Å². The Bertz CT molecular complexity index is 540. The number of halogens is 1. The largest absolute Gasteiger partial charge is 0.397 e. The van der Waals surface area contributed by atoms with E-state index in [-0.39, 0.29) is 11.7 Å². The molecular weight excluding hydrogens is 221 g/mol. The third-order valence-electron chi connectivity index (χ3n) is 2.20. The van der Waals surface area contributed by atoms with Gasteiger partial charge in [-0.15, -0.1) is 0 Å². The maximum absolute atomic E-state index is 12.7. The number of anilines is 2. The molecule has 2 aromatic rings. The van der Waals surface area contributed by atoms with Crippen molar-refractivity contribution in [1.82, 2.24) is 4.98 Å². The average molecular weight is 231 g/mol. The Kier molecular flexibility index (Phi) is 3.00. The van der Waals surface area contributed by atoms with Crippen LogP contribution in [-0.4, -0.2) is 10.9 Å². The number of nitrogens with one attached hydrogen (secondary N) is 1. The van der Waals surface area contributed by atoms with Crippen LogP contribution in [-0.2, 0) is 0 Å². The lowest BCUT2D eigenvalue weighted by Crippen LogP contribution is -2.14. The van der Waals surface area contributed by atoms with Gasteiger partial charge in [-0.3, -0.25) is 9.78 Å². The number of carbonyl (C=O) groups excluding carboxylic acids is 1. The van der Waals surface area contributed by atoms with Crippen molar-refractivity contribution in [3.05, 3.63) is 54.1 Å². The number of nitrogens with two attached hydrogens (primary N) is 1. The van der Waals surface area contributed by atoms with Gasteiger partial charge in [0.05, 0.1) is 17.4 Å². The standard InChI is InChI=1S/C12H10FN3O/c13-8-1-3-9(4-2-8)16-12(17)10-5-6-15-7-11(10)14/h1-7H,14H2,(H,16,17). The van der Waals surface area contributed by atoms with E-state index in [1.54, 1.807) is 0 Å². The lowest BCUT2D eigenvalue weighted by atomic mass is 10.2. The van der Waals surface area contributed by atoms with Crippen molar-refractivity contribution in [1.29, 1.82) is 0 Å². The maximum Gasteiger partial charge on any atom is 0.257 e. The molecule has 0 saturated carbocycles. The second-order valence-electron chi connectivity index (χ2n) is 3.42. The van der Waals surface area contributed by atoms with Crippen LogP contribution in [0.25, 0.3) is 0 Å². The van der Waals surface area contributed by atoms with Crippen LogP contribution in [0.4, 0.5) is 15.8 Å². The van der Waals surface area contributed by atoms with Crippen LogP contribution in [0.1, 0.15) is 10.4 Å². The van der Waals surface area contributed by atoms with Gasteiger partial charge in [-0.2, -0.15) is 0 Å². The molecule has 1 aromatic heterocycles. The minimum absolute atomic E-state index is 0.298. The number of pyridine rings is 1. The van der Waals surface area contributed by atoms with Crippen molar-refractivity contribution < 1.29 is 9.18 Å². The van der Waals surface area contributed by atoms with Crippen molar-refractivity contribution in [2.24, 2.45) is 0 Å². The summed E-state index contributed by atoms with van der Waals surface area (Å²) in [5.74, 6) is -0.706. The summed E-state index contributed by atoms with van der Waals surface area (Å²) in [6.45, 7) is 0. The average Bonchev–Trinajstić information content (AvgIpc) is 2.32. The fourth-order valence-electron chi connectivity index (χ4n) is 1.35. The molecule has 0 aliphatic rings. The Morgan fingerprint density at radius 3 is 2.59 bits per heavy atom. The first-order chi connectivity index (χ1) is 8.16. The molecule has 86 valence electrons. The van der Waals surface area contributed by atoms with E-state index in [1.165, 1.54) is 42.7 Å². The van der Waals surface area contributed by atoms with Crippen molar-refractivity contribution in [2.75, 3.05) is 11.1 Å². The van der Waals surface area contributed by atoms with Crippen LogP contribution in [0, 0.1) is 5.82 Å². The quantitative estimate of drug-likeness (QED) is 0.831. The molecule has 1 aromatic carbocycles. The molecule has 0 aliphatic carbocycles. The van der Waals surface area contributed by atoms with Gasteiger partial charge in [-0.25, -0.2) is 4.39 Å². The van der Waals surface area contributed by atoms with E-state index in [4.69, 9.17) is 5.73 Å². The fourth-order valence-corrected chi connectivity index (χ4v) is 1.35. The van der Waals surface area contributed by atoms with Gasteiger partial charge in [-0.1, -0.05) is 0 Å². The lowest BCUT2D eigenvalue weighted by molar-refractivity contribution is 0.102. The minimum Gasteiger partial charge on any atom is -0.397 e. The Balaban J connectivity index is 2.17. The summed E-state index contributed by atoms with van der Waals surface area (Å²) in [5, 5.41) is 2.61. The highest BCUT2D eigenvalue weighted by Crippen LogP contribution is 2.13. The first kappa shape index (κ1) is 11.1. The summed E-state index contributed by atoms with van der Waals surface area (Å²) in [7, 11) is 0. The number of nitrogens with zero attached hydrogens (tertiary/aromatic N) is 1. The van der Waals surface area contributed by atoms with Gasteiger partial charge in [0.2, 0.25) is 0 Å². The lowest BCUT2D eigenvalue weighted by Gasteiger charge is -2.06. The molecule has 0 fully saturated rings. The number of nitrogen functional groups attached to an aromatic ring is 1. The van der Waals surface area contributed by atoms with Gasteiger partial charge in [0.25, 0.3) is 5.91 Å². The maximum atomic E-state index is 12.7. The molecule has 0 atom stereocenters. The zero-order valence-corrected chi connectivity index (χ0v) is 8.85. The van der Waals surface area contributed by atoms with Crippen LogP contribution < -0.4 is 11.1 Å². The molecule has 4 nitrogen and oxygen atoms in total. The molecule has 0 spiro atoms. The molecule has 5 heteroatoms. The molecular formula is C12H10FN3O. The third kappa shape index (κ3) is 2.57. The molecule has 0 aliphatic heterocycles. The van der Waals surface area contributed by atoms with Crippen molar-refractivity contribution in [3.63, 3.8) is 0 Å². The number of benzene rings is 1. The van der Waals surface area contributed by atoms with Crippen LogP contribution in [0.3, 0.4) is 0 Å². The first-order valence-corrected chi connectivity index (χ1v) is 4.93. The van der Waals surface area contributed by atoms with Gasteiger partial charge in [0.15, 0.2) is 0 Å². The fraction of sp³-hybridized carbons (Fsp3) is 0. The summed E-state index contributed by atoms with van der Waals surface area (Å²) in [6, 6.07) is 7.01. The monoisotopic (exact) mass is 231 g/mol. The Morgan fingerprint density at radius 1 is 1.24 bits per heavy atom. The second kappa shape index (κ2) is 4.61. The SMILES string of the molecule is Nc1cnccc1C(=O)Nc1ccc(F)cc1. The van der Waals surface area contributed by atoms with Crippen LogP contribution in [0.2, 0.25) is 0 Å². The normalized spacial score (nSPS) is 9.94. The highest BCUT2D eigenvalue weighted by molar-refractivity contribution is 6.07. The number of hydrogen-bond donors (Lipinski definition) is 2. The molecule has 0 bridgehead atoms. The van der Waals surface area contributed by atoms with Crippen molar-refractivity contribution in [3.8, 4) is 0 Å². The topological polar surface area (TPSA) is 68.0 Å². The van der Waals surface area contributed by atoms with Crippen LogP contribution in [0.15, 0.2) is 42.7 Å². The summed E-state index contributed by atoms with van der Waals surface area (Å²) in [4.78, 5) is 15.6. The molecule has 0 saturated heterocycles. The molecule has 17 heavy (non-hydrogen) atoms. The van der Waals surface area contributed by atoms with E-state index in [0.717, 1.165) is 0 Å². The van der Waals surface area contributed by atoms with Gasteiger partial charge in [0, 0.05) is 11.9 Å². The minimum atomic E-state index is -0.355. The number of rotatable bonds is 2. The summed E-state index contributed by atoms with van der Waals surface area (Å²) in [6.07, 6.45) is 2.88. The van der Waals surface area contributed by atoms with E-state index in [2.05, 4.69) is 10.3 Å². The Morgan fingerprint density at radius 2 is 1.94 bits per heavy atom. The third-order valence-corrected chi connectivity index (χ3v) is 2.20. The van der Waals surface area contributed by atoms with Crippen molar-refractivity contribution in [2.45, 2.75) is 0 Å². The molecule has 0 unspecified atom stereocenters. The number of hydrogen-bond acceptors (Lipinski definition) is 3. The summed E-state index contributed by atoms with van der Waals surface area (Å²) >= 11 is 0. The zero-order chi connectivity index (χ0) is 12.3. The Hall–Kier alpha value is -2.43. The van der Waals surface area contributed by atoms with E-state index in [1.807, 2.05) is 0 Å². The molecule has 3 N–H and O–H groups in total. The van der Waals surface area contributed by atoms with Crippen molar-refractivity contribution >= 4 is 17.3 Å². The second-order valence-corrected chi connectivity index (χ2v) is 3.42. The Labute approximate surface area is 97.3 Å². The number of carbonyl (C=O) groups is 1. The predicted octanol–water partition coefficient (Wildman–Crippen LogP) is 2.06. The number of amides is 1. The van der Waals surface area contributed by atoms with E-state index < -0.39 is 0 Å². The van der Waals surface area contributed by atoms with Gasteiger partial charge in [-0.05, 0) is 30.3 Å². The zero-order valence-electron chi connectivity index (χ0n) is 8.85. The molecule has 1 amide bonds. The van der Waals surface area contributed by atoms with E-state index in [9.17, 15) is 9.18 Å². The van der Waals surface area contributed by atoms with Gasteiger partial charge >= 0.3 is 0 Å². The van der Waals surface area contributed by atoms with Crippen LogP contribution in [0.5, 0.6) is 0 Å². The van der Waals surface area contributed by atoms with E-state index in [0.29, 0.717) is 16.9 Å². The molecule has 2 rings (SSSR count). The highest BCUT2D eigenvalue weighted by atomic mass is 19.1. The smallest absolute Gasteiger partial charge is 0.257 e. The van der Waals surface area contributed by atoms with E-state index >= 15 is 0 Å². The van der Waals surface area contributed by atoms with Crippen LogP contribution >= 0.6 is 0 Å². The predicted molar refractivity (Wildman–Crippen MR) is 63.0 cm³/mol. The molecule has 1 heterocycles. The summed E-state index contributed by atoms with van der Waals surface area (Å²) in [5.41, 5.74) is 6.76. The highest BCUT2D eigenvalue weighted by Gasteiger charge is 2.09. The summed E-state index contributed by atoms with van der Waals surface area (Å²) < 4.78 is 12.7.